The monoisotopic (exact) mass is 709 g/mol. The maximum atomic E-state index is 14.8. The van der Waals surface area contributed by atoms with Gasteiger partial charge in [0.1, 0.15) is 0 Å². The van der Waals surface area contributed by atoms with E-state index in [2.05, 4.69) is 0 Å². The number of benzene rings is 3. The van der Waals surface area contributed by atoms with Crippen molar-refractivity contribution in [2.75, 3.05) is 0 Å². The van der Waals surface area contributed by atoms with Gasteiger partial charge in [0.15, 0.2) is 40.7 Å². The molecular formula is C20HF21Ga. The molecule has 0 spiro atoms. The molecule has 0 N–H and O–H groups in total. The van der Waals surface area contributed by atoms with Crippen LogP contribution in [0.1, 0.15) is 11.1 Å². The molecule has 0 bridgehead atoms. The first kappa shape index (κ1) is 35.5. The number of fused-ring (bicyclic) bond motifs is 2. The van der Waals surface area contributed by atoms with Gasteiger partial charge in [-0.3, -0.25) is 0 Å². The molecule has 0 nitrogen and oxygen atoms in total. The van der Waals surface area contributed by atoms with Crippen LogP contribution < -0.4 is 0 Å². The molecule has 0 unspecified atom stereocenters. The molecule has 3 aromatic rings. The first-order valence-corrected chi connectivity index (χ1v) is 9.55. The predicted molar refractivity (Wildman–Crippen MR) is 96.7 cm³/mol. The van der Waals surface area contributed by atoms with Crippen LogP contribution in [0.3, 0.4) is 0 Å². The summed E-state index contributed by atoms with van der Waals surface area (Å²) in [5, 5.41) is -13.6. The van der Waals surface area contributed by atoms with Crippen LogP contribution in [-0.2, 0) is 11.8 Å². The van der Waals surface area contributed by atoms with E-state index in [-0.39, 0.29) is 19.8 Å². The van der Waals surface area contributed by atoms with Crippen molar-refractivity contribution in [2.24, 2.45) is 0 Å². The summed E-state index contributed by atoms with van der Waals surface area (Å²) < 4.78 is 291. The normalized spacial score (nSPS) is 14.1. The minimum Gasteiger partial charge on any atom is -0.204 e. The van der Waals surface area contributed by atoms with Crippen molar-refractivity contribution in [3.05, 3.63) is 57.9 Å². The molecule has 0 heterocycles. The molecule has 0 aromatic heterocycles. The zero-order valence-corrected chi connectivity index (χ0v) is 21.0. The minimum absolute atomic E-state index is 0. The molecule has 0 fully saturated rings. The fraction of sp³-hybridized carbons (Fsp3) is 0.300. The third-order valence-electron chi connectivity index (χ3n) is 5.58. The summed E-state index contributed by atoms with van der Waals surface area (Å²) in [6, 6.07) is -1.27. The molecule has 22 heteroatoms. The second-order valence-electron chi connectivity index (χ2n) is 7.96. The first-order chi connectivity index (χ1) is 18.1. The van der Waals surface area contributed by atoms with Crippen molar-refractivity contribution in [3.63, 3.8) is 0 Å². The first-order valence-electron chi connectivity index (χ1n) is 9.55. The molecule has 3 aromatic carbocycles. The number of hydrogen-bond donors (Lipinski definition) is 0. The summed E-state index contributed by atoms with van der Waals surface area (Å²) in [4.78, 5) is 0. The van der Waals surface area contributed by atoms with E-state index >= 15 is 0 Å². The number of alkyl halides is 14. The molecule has 0 aliphatic carbocycles. The smallest absolute Gasteiger partial charge is 0.204 e. The van der Waals surface area contributed by atoms with E-state index in [1.54, 1.807) is 0 Å². The predicted octanol–water partition coefficient (Wildman–Crippen LogP) is 9.16. The third kappa shape index (κ3) is 4.45. The summed E-state index contributed by atoms with van der Waals surface area (Å²) in [5.74, 6) is -54.7. The van der Waals surface area contributed by atoms with Gasteiger partial charge in [-0.2, -0.15) is 61.5 Å². The van der Waals surface area contributed by atoms with Crippen molar-refractivity contribution in [2.45, 2.75) is 36.0 Å². The molecule has 3 rings (SSSR count). The van der Waals surface area contributed by atoms with E-state index < -0.39 is 116 Å². The van der Waals surface area contributed by atoms with Crippen LogP contribution in [0.2, 0.25) is 0 Å². The van der Waals surface area contributed by atoms with Crippen molar-refractivity contribution in [3.8, 4) is 0 Å². The number of rotatable bonds is 4. The molecule has 231 valence electrons. The van der Waals surface area contributed by atoms with Crippen LogP contribution in [-0.4, -0.2) is 44.0 Å². The Morgan fingerprint density at radius 1 is 0.381 bits per heavy atom. The van der Waals surface area contributed by atoms with Gasteiger partial charge in [-0.25, -0.2) is 30.7 Å². The van der Waals surface area contributed by atoms with E-state index in [0.29, 0.717) is 0 Å². The molecule has 0 amide bonds. The Balaban J connectivity index is 0.00000616. The average Bonchev–Trinajstić information content (AvgIpc) is 2.81. The Labute approximate surface area is 228 Å². The van der Waals surface area contributed by atoms with Gasteiger partial charge in [0.05, 0.1) is 0 Å². The van der Waals surface area contributed by atoms with Crippen molar-refractivity contribution in [1.82, 2.24) is 0 Å². The largest absolute Gasteiger partial charge is 0.460 e. The second-order valence-corrected chi connectivity index (χ2v) is 7.96. The fourth-order valence-electron chi connectivity index (χ4n) is 3.71. The molecule has 0 atom stereocenters. The van der Waals surface area contributed by atoms with Gasteiger partial charge in [0.2, 0.25) is 0 Å². The standard InChI is InChI=1S/C20HF21.Ga/c21-3-1-2-4(10(23)9(3)22)8(16(30,31)18(34,35)20(39,40)41)6-5(11(24)13(26)14(27)12(6)25)7(2)15(28,29)17(32,33)19(36,37)38;/h1H;. The Hall–Kier alpha value is -2.65. The topological polar surface area (TPSA) is 0 Å². The van der Waals surface area contributed by atoms with Crippen LogP contribution in [0.5, 0.6) is 0 Å². The minimum atomic E-state index is -7.70. The zero-order chi connectivity index (χ0) is 32.2. The fourth-order valence-corrected chi connectivity index (χ4v) is 3.71. The molecule has 0 aliphatic rings. The summed E-state index contributed by atoms with van der Waals surface area (Å²) in [6.45, 7) is 0. The maximum absolute atomic E-state index is 14.8. The van der Waals surface area contributed by atoms with Crippen LogP contribution >= 0.6 is 0 Å². The Kier molecular flexibility index (Phi) is 8.41. The summed E-state index contributed by atoms with van der Waals surface area (Å²) in [7, 11) is 0. The zero-order valence-electron chi connectivity index (χ0n) is 18.6. The van der Waals surface area contributed by atoms with Gasteiger partial charge >= 0.3 is 36.0 Å². The Morgan fingerprint density at radius 2 is 0.690 bits per heavy atom. The molecule has 3 radical (unpaired) electrons. The van der Waals surface area contributed by atoms with Crippen LogP contribution in [0.4, 0.5) is 92.2 Å². The van der Waals surface area contributed by atoms with Crippen LogP contribution in [0.25, 0.3) is 21.5 Å². The van der Waals surface area contributed by atoms with Crippen molar-refractivity contribution < 1.29 is 92.2 Å². The van der Waals surface area contributed by atoms with E-state index in [1.807, 2.05) is 0 Å². The molecule has 0 saturated carbocycles. The van der Waals surface area contributed by atoms with Crippen LogP contribution in [0, 0.1) is 40.7 Å². The van der Waals surface area contributed by atoms with E-state index in [1.165, 1.54) is 0 Å². The second kappa shape index (κ2) is 9.94. The Bertz CT molecular complexity index is 1580. The third-order valence-corrected chi connectivity index (χ3v) is 5.58. The molecule has 0 saturated heterocycles. The maximum Gasteiger partial charge on any atom is 0.460 e. The molecule has 42 heavy (non-hydrogen) atoms. The van der Waals surface area contributed by atoms with Gasteiger partial charge in [-0.15, -0.1) is 0 Å². The summed E-state index contributed by atoms with van der Waals surface area (Å²) >= 11 is 0. The van der Waals surface area contributed by atoms with Crippen molar-refractivity contribution >= 4 is 41.3 Å². The molecule has 0 aliphatic heterocycles. The summed E-state index contributed by atoms with van der Waals surface area (Å²) in [5.41, 5.74) is -7.70. The number of halogens is 21. The van der Waals surface area contributed by atoms with Crippen molar-refractivity contribution in [1.29, 1.82) is 0 Å². The molecular weight excluding hydrogens is 709 g/mol. The van der Waals surface area contributed by atoms with Gasteiger partial charge < -0.3 is 0 Å². The Morgan fingerprint density at radius 3 is 1.05 bits per heavy atom. The number of hydrogen-bond acceptors (Lipinski definition) is 0. The van der Waals surface area contributed by atoms with E-state index in [0.717, 1.165) is 0 Å². The van der Waals surface area contributed by atoms with Crippen LogP contribution in [0.15, 0.2) is 6.07 Å². The average molecular weight is 710 g/mol. The van der Waals surface area contributed by atoms with Gasteiger partial charge in [-0.05, 0) is 11.5 Å². The van der Waals surface area contributed by atoms with E-state index in [9.17, 15) is 92.2 Å². The van der Waals surface area contributed by atoms with Gasteiger partial charge in [-0.1, -0.05) is 0 Å². The summed E-state index contributed by atoms with van der Waals surface area (Å²) in [6.07, 6.45) is -15.1. The van der Waals surface area contributed by atoms with Gasteiger partial charge in [0.25, 0.3) is 0 Å². The quantitative estimate of drug-likeness (QED) is 0.0834. The van der Waals surface area contributed by atoms with Gasteiger partial charge in [0, 0.05) is 47.1 Å². The SMILES string of the molecule is Fc1cc2c(C(F)(F)C(F)(F)C(F)(F)F)c3c(F)c(F)c(F)c(F)c3c(C(F)(F)C(F)(F)C(F)(F)F)c2c(F)c1F.[Ga]. The van der Waals surface area contributed by atoms with E-state index in [4.69, 9.17) is 0 Å².